The lowest BCUT2D eigenvalue weighted by Gasteiger charge is -2.64. The van der Waals surface area contributed by atoms with Crippen molar-refractivity contribution in [3.05, 3.63) is 70.0 Å². The maximum absolute atomic E-state index is 15.4. The van der Waals surface area contributed by atoms with Crippen molar-refractivity contribution in [1.29, 1.82) is 0 Å². The summed E-state index contributed by atoms with van der Waals surface area (Å²) < 4.78 is 17.9. The fourth-order valence-corrected chi connectivity index (χ4v) is 8.03. The molecule has 6 nitrogen and oxygen atoms in total. The van der Waals surface area contributed by atoms with E-state index in [-0.39, 0.29) is 35.4 Å². The number of ether oxygens (including phenoxy) is 3. The van der Waals surface area contributed by atoms with Crippen molar-refractivity contribution in [3.63, 3.8) is 0 Å². The highest BCUT2D eigenvalue weighted by Gasteiger charge is 2.74. The molecule has 1 aromatic rings. The molecule has 1 heterocycles. The van der Waals surface area contributed by atoms with Crippen LogP contribution in [-0.4, -0.2) is 37.2 Å². The second-order valence-electron chi connectivity index (χ2n) is 15.5. The van der Waals surface area contributed by atoms with Gasteiger partial charge in [-0.3, -0.25) is 14.4 Å². The average molecular weight is 631 g/mol. The fourth-order valence-electron chi connectivity index (χ4n) is 8.03. The van der Waals surface area contributed by atoms with Crippen LogP contribution < -0.4 is 9.47 Å². The first-order valence-corrected chi connectivity index (χ1v) is 16.6. The average Bonchev–Trinajstić information content (AvgIpc) is 2.97. The van der Waals surface area contributed by atoms with Crippen LogP contribution in [0.5, 0.6) is 11.5 Å². The normalized spacial score (nSPS) is 27.6. The third kappa shape index (κ3) is 5.71. The summed E-state index contributed by atoms with van der Waals surface area (Å²) in [5.41, 5.74) is -0.251. The smallest absolute Gasteiger partial charge is 0.200 e. The third-order valence-electron chi connectivity index (χ3n) is 11.1. The predicted molar refractivity (Wildman–Crippen MR) is 183 cm³/mol. The van der Waals surface area contributed by atoms with Crippen molar-refractivity contribution in [1.82, 2.24) is 0 Å². The molecule has 1 aliphatic heterocycles. The molecule has 0 amide bonds. The molecule has 0 N–H and O–H groups in total. The molecule has 0 unspecified atom stereocenters. The van der Waals surface area contributed by atoms with Gasteiger partial charge >= 0.3 is 0 Å². The van der Waals surface area contributed by atoms with Crippen LogP contribution in [0.15, 0.2) is 64.5 Å². The van der Waals surface area contributed by atoms with Crippen molar-refractivity contribution in [2.24, 2.45) is 28.1 Å². The van der Waals surface area contributed by atoms with Gasteiger partial charge in [0.05, 0.1) is 19.6 Å². The molecule has 6 heteroatoms. The van der Waals surface area contributed by atoms with E-state index in [9.17, 15) is 4.79 Å². The summed E-state index contributed by atoms with van der Waals surface area (Å²) >= 11 is 0. The van der Waals surface area contributed by atoms with E-state index in [1.165, 1.54) is 25.4 Å². The second-order valence-corrected chi connectivity index (χ2v) is 15.5. The second kappa shape index (κ2) is 12.7. The molecule has 4 atom stereocenters. The summed E-state index contributed by atoms with van der Waals surface area (Å²) in [4.78, 5) is 45.6. The number of fused-ring (bicyclic) bond motifs is 1. The highest BCUT2D eigenvalue weighted by molar-refractivity contribution is 6.35. The molecule has 0 aromatic heterocycles. The van der Waals surface area contributed by atoms with Crippen molar-refractivity contribution >= 4 is 17.3 Å². The molecule has 2 aliphatic carbocycles. The Balaban J connectivity index is 2.09. The summed E-state index contributed by atoms with van der Waals surface area (Å²) in [7, 11) is 3.05. The van der Waals surface area contributed by atoms with Crippen LogP contribution >= 0.6 is 0 Å². The van der Waals surface area contributed by atoms with Gasteiger partial charge in [0.1, 0.15) is 22.3 Å². The molecule has 1 aromatic carbocycles. The Morgan fingerprint density at radius 3 is 1.91 bits per heavy atom. The van der Waals surface area contributed by atoms with Crippen LogP contribution in [0.4, 0.5) is 0 Å². The largest absolute Gasteiger partial charge is 0.493 e. The maximum Gasteiger partial charge on any atom is 0.200 e. The number of ketones is 3. The van der Waals surface area contributed by atoms with Gasteiger partial charge in [0.15, 0.2) is 28.8 Å². The van der Waals surface area contributed by atoms with Gasteiger partial charge in [-0.1, -0.05) is 48.8 Å². The molecule has 46 heavy (non-hydrogen) atoms. The number of hydrogen-bond acceptors (Lipinski definition) is 6. The van der Waals surface area contributed by atoms with Gasteiger partial charge in [0.2, 0.25) is 0 Å². The first-order chi connectivity index (χ1) is 21.4. The Morgan fingerprint density at radius 1 is 0.826 bits per heavy atom. The SMILES string of the molecule is COc1ccc(C(=O)C2=C3OC(C)(C)[C@@H](CC=C(C)C)C[C@@]34C[C@@H](CC=C(C)C)C(C)(C)[C@](CC=C(C)C)(C2=O)C4=O)cc1OC. The molecule has 3 aliphatic rings. The van der Waals surface area contributed by atoms with E-state index < -0.39 is 33.4 Å². The Bertz CT molecular complexity index is 1530. The molecule has 1 spiro atoms. The van der Waals surface area contributed by atoms with E-state index in [4.69, 9.17) is 14.2 Å². The van der Waals surface area contributed by atoms with Crippen LogP contribution in [0.2, 0.25) is 0 Å². The predicted octanol–water partition coefficient (Wildman–Crippen LogP) is 9.20. The molecule has 250 valence electrons. The van der Waals surface area contributed by atoms with Crippen LogP contribution in [0.3, 0.4) is 0 Å². The van der Waals surface area contributed by atoms with Crippen molar-refractivity contribution in [2.45, 2.75) is 107 Å². The zero-order chi connectivity index (χ0) is 34.4. The third-order valence-corrected chi connectivity index (χ3v) is 11.1. The highest BCUT2D eigenvalue weighted by atomic mass is 16.5. The molecule has 2 fully saturated rings. The summed E-state index contributed by atoms with van der Waals surface area (Å²) in [6, 6.07) is 4.93. The van der Waals surface area contributed by atoms with E-state index in [0.29, 0.717) is 29.9 Å². The summed E-state index contributed by atoms with van der Waals surface area (Å²) in [6.07, 6.45) is 9.20. The van der Waals surface area contributed by atoms with Gasteiger partial charge < -0.3 is 14.2 Å². The molecule has 2 bridgehead atoms. The first-order valence-electron chi connectivity index (χ1n) is 16.6. The van der Waals surface area contributed by atoms with Gasteiger partial charge in [-0.05, 0) is 117 Å². The Morgan fingerprint density at radius 2 is 1.37 bits per heavy atom. The van der Waals surface area contributed by atoms with Gasteiger partial charge in [0, 0.05) is 11.5 Å². The number of carbonyl (C=O) groups is 3. The zero-order valence-corrected chi connectivity index (χ0v) is 30.1. The summed E-state index contributed by atoms with van der Waals surface area (Å²) in [5.74, 6) is 0.200. The quantitative estimate of drug-likeness (QED) is 0.111. The van der Waals surface area contributed by atoms with E-state index >= 15 is 9.59 Å². The van der Waals surface area contributed by atoms with E-state index in [1.807, 2.05) is 33.8 Å². The number of carbonyl (C=O) groups excluding carboxylic acids is 3. The van der Waals surface area contributed by atoms with Crippen LogP contribution in [0.1, 0.15) is 112 Å². The maximum atomic E-state index is 15.4. The number of Topliss-reactive ketones (excluding diaryl/α,β-unsaturated/α-hetero) is 3. The number of rotatable bonds is 10. The standard InChI is InChI=1S/C40H54O6/c1-24(2)13-16-28-22-39-23-29(17-14-25(3)4)38(9,10)46-35(39)32(33(41)27-15-18-30(44-11)31(21-27)45-12)34(42)40(36(39)43,37(28,7)8)20-19-26(5)6/h13-15,18-19,21,28-29H,16-17,20,22-23H2,1-12H3/t28-,29+,39+,40-/m1/s1. The Kier molecular flexibility index (Phi) is 9.75. The van der Waals surface area contributed by atoms with Crippen LogP contribution in [-0.2, 0) is 14.3 Å². The minimum Gasteiger partial charge on any atom is -0.493 e. The molecular weight excluding hydrogens is 576 g/mol. The van der Waals surface area contributed by atoms with Crippen molar-refractivity contribution < 1.29 is 28.6 Å². The van der Waals surface area contributed by atoms with Crippen molar-refractivity contribution in [2.75, 3.05) is 14.2 Å². The van der Waals surface area contributed by atoms with E-state index in [2.05, 4.69) is 53.7 Å². The molecule has 0 radical (unpaired) electrons. The Hall–Kier alpha value is -3.41. The van der Waals surface area contributed by atoms with Crippen molar-refractivity contribution in [3.8, 4) is 11.5 Å². The lowest BCUT2D eigenvalue weighted by atomic mass is 9.39. The lowest BCUT2D eigenvalue weighted by Crippen LogP contribution is -2.69. The lowest BCUT2D eigenvalue weighted by molar-refractivity contribution is -0.188. The minimum atomic E-state index is -1.43. The molecular formula is C40H54O6. The monoisotopic (exact) mass is 630 g/mol. The number of benzene rings is 1. The first kappa shape index (κ1) is 35.4. The highest BCUT2D eigenvalue weighted by Crippen LogP contribution is 2.69. The van der Waals surface area contributed by atoms with Crippen LogP contribution in [0.25, 0.3) is 0 Å². The molecule has 1 saturated carbocycles. The van der Waals surface area contributed by atoms with Gasteiger partial charge in [-0.15, -0.1) is 0 Å². The number of methoxy groups -OCH3 is 2. The fraction of sp³-hybridized carbons (Fsp3) is 0.575. The number of hydrogen-bond donors (Lipinski definition) is 0. The molecule has 1 saturated heterocycles. The summed E-state index contributed by atoms with van der Waals surface area (Å²) in [5, 5.41) is 0. The van der Waals surface area contributed by atoms with Gasteiger partial charge in [-0.2, -0.15) is 0 Å². The zero-order valence-electron chi connectivity index (χ0n) is 30.1. The Labute approximate surface area is 276 Å². The van der Waals surface area contributed by atoms with E-state index in [1.54, 1.807) is 18.2 Å². The number of allylic oxidation sites excluding steroid dienone is 8. The van der Waals surface area contributed by atoms with Gasteiger partial charge in [0.25, 0.3) is 0 Å². The van der Waals surface area contributed by atoms with Crippen LogP contribution in [0, 0.1) is 28.1 Å². The summed E-state index contributed by atoms with van der Waals surface area (Å²) in [6.45, 7) is 20.4. The molecule has 4 rings (SSSR count). The van der Waals surface area contributed by atoms with Gasteiger partial charge in [-0.25, -0.2) is 0 Å². The van der Waals surface area contributed by atoms with E-state index in [0.717, 1.165) is 18.4 Å². The topological polar surface area (TPSA) is 78.9 Å². The minimum absolute atomic E-state index is 0.00667.